The Morgan fingerprint density at radius 3 is 1.66 bits per heavy atom. The minimum atomic E-state index is -0.420. The summed E-state index contributed by atoms with van der Waals surface area (Å²) in [5.41, 5.74) is 18.6. The molecule has 0 saturated carbocycles. The number of hydrogen-bond acceptors (Lipinski definition) is 3. The predicted molar refractivity (Wildman–Crippen MR) is 319 cm³/mol. The zero-order chi connectivity index (χ0) is 51.3. The van der Waals surface area contributed by atoms with Crippen LogP contribution >= 0.6 is 0 Å². The number of ether oxygens (including phenoxy) is 2. The highest BCUT2D eigenvalue weighted by Gasteiger charge is 2.45. The Morgan fingerprint density at radius 2 is 0.961 bits per heavy atom. The second kappa shape index (κ2) is 21.4. The molecule has 1 aromatic heterocycles. The number of aromatic nitrogens is 1. The topological polar surface area (TPSA) is 26.6 Å². The van der Waals surface area contributed by atoms with Gasteiger partial charge in [-0.25, -0.2) is 0 Å². The van der Waals surface area contributed by atoms with Crippen LogP contribution in [0, 0.1) is 0 Å². The molecule has 0 aliphatic heterocycles. The highest BCUT2D eigenvalue weighted by molar-refractivity contribution is 6.11. The van der Waals surface area contributed by atoms with E-state index in [1.165, 1.54) is 44.2 Å². The lowest BCUT2D eigenvalue weighted by Crippen LogP contribution is -2.30. The van der Waals surface area contributed by atoms with Crippen LogP contribution in [0.25, 0.3) is 61.9 Å². The summed E-state index contributed by atoms with van der Waals surface area (Å²) in [4.78, 5) is 2.40. The first-order valence-corrected chi connectivity index (χ1v) is 26.7. The lowest BCUT2D eigenvalue weighted by atomic mass is 9.68. The number of para-hydroxylation sites is 2. The molecule has 1 heterocycles. The van der Waals surface area contributed by atoms with E-state index in [-0.39, 0.29) is 0 Å². The van der Waals surface area contributed by atoms with E-state index in [4.69, 9.17) is 9.47 Å². The van der Waals surface area contributed by atoms with E-state index in [1.54, 1.807) is 0 Å². The SMILES string of the molecule is C=Cc1ccc(CC2(c3ccccc3)c3ccccc3-c3ccc(N(c4ccccc4)c4ccc(-c5ccc6c(c5)c5cc(OCCCCCCOc7ccc(C=C)cc7)ccc5n6-c5ccccc5)cc4)cc32)cc1. The van der Waals surface area contributed by atoms with Gasteiger partial charge in [0.1, 0.15) is 11.5 Å². The van der Waals surface area contributed by atoms with Gasteiger partial charge >= 0.3 is 0 Å². The quantitative estimate of drug-likeness (QED) is 0.0756. The van der Waals surface area contributed by atoms with Gasteiger partial charge in [0, 0.05) is 33.5 Å². The van der Waals surface area contributed by atoms with Crippen molar-refractivity contribution in [2.24, 2.45) is 0 Å². The van der Waals surface area contributed by atoms with Gasteiger partial charge in [-0.1, -0.05) is 177 Å². The fourth-order valence-electron chi connectivity index (χ4n) is 11.5. The van der Waals surface area contributed by atoms with Crippen LogP contribution < -0.4 is 14.4 Å². The Kier molecular flexibility index (Phi) is 13.5. The molecule has 0 saturated heterocycles. The summed E-state index contributed by atoms with van der Waals surface area (Å²) in [5.74, 6) is 1.79. The van der Waals surface area contributed by atoms with Crippen molar-refractivity contribution >= 4 is 51.0 Å². The maximum atomic E-state index is 6.45. The first-order valence-electron chi connectivity index (χ1n) is 26.7. The third kappa shape index (κ3) is 9.28. The Morgan fingerprint density at radius 1 is 0.421 bits per heavy atom. The molecule has 0 radical (unpaired) electrons. The van der Waals surface area contributed by atoms with Gasteiger partial charge in [0.05, 0.1) is 29.7 Å². The van der Waals surface area contributed by atoms with Crippen molar-refractivity contribution in [1.29, 1.82) is 0 Å². The minimum Gasteiger partial charge on any atom is -0.494 e. The minimum absolute atomic E-state index is 0.420. The summed E-state index contributed by atoms with van der Waals surface area (Å²) in [6, 6.07) is 88.1. The van der Waals surface area contributed by atoms with Crippen LogP contribution in [0.15, 0.2) is 256 Å². The van der Waals surface area contributed by atoms with Crippen molar-refractivity contribution in [2.75, 3.05) is 18.1 Å². The Labute approximate surface area is 447 Å². The Balaban J connectivity index is 0.851. The van der Waals surface area contributed by atoms with Crippen LogP contribution in [-0.2, 0) is 11.8 Å². The standard InChI is InChI=1S/C72H60N2O2/c1-3-52-28-30-54(31-29-52)51-72(57-20-10-7-11-21-57)68-27-17-16-26-64(68)65-43-39-61(49-69(65)72)73(58-22-12-8-13-23-58)60-37-34-55(35-38-60)56-36-44-70-66(48-56)67-50-63(42-45-71(67)74(70)59-24-14-9-15-25-59)76-47-19-6-5-18-46-75-62-40-32-53(4-2)33-41-62/h3-4,7-17,20-45,48-50H,1-2,5-6,18-19,46-47,51H2. The zero-order valence-electron chi connectivity index (χ0n) is 42.8. The first-order chi connectivity index (χ1) is 37.6. The van der Waals surface area contributed by atoms with Crippen LogP contribution in [0.1, 0.15) is 59.1 Å². The summed E-state index contributed by atoms with van der Waals surface area (Å²) >= 11 is 0. The molecule has 1 aliphatic carbocycles. The van der Waals surface area contributed by atoms with E-state index in [1.807, 2.05) is 36.4 Å². The van der Waals surface area contributed by atoms with Gasteiger partial charge in [-0.15, -0.1) is 0 Å². The number of nitrogens with zero attached hydrogens (tertiary/aromatic N) is 2. The van der Waals surface area contributed by atoms with E-state index < -0.39 is 5.41 Å². The molecule has 370 valence electrons. The fraction of sp³-hybridized carbons (Fsp3) is 0.111. The van der Waals surface area contributed by atoms with Gasteiger partial charge in [-0.2, -0.15) is 0 Å². The molecule has 0 fully saturated rings. The number of fused-ring (bicyclic) bond motifs is 6. The van der Waals surface area contributed by atoms with Crippen LogP contribution in [0.3, 0.4) is 0 Å². The highest BCUT2D eigenvalue weighted by Crippen LogP contribution is 2.55. The molecule has 0 N–H and O–H groups in total. The van der Waals surface area contributed by atoms with E-state index >= 15 is 0 Å². The fourth-order valence-corrected chi connectivity index (χ4v) is 11.5. The Hall–Kier alpha value is -9.12. The molecule has 0 spiro atoms. The number of unbranched alkanes of at least 4 members (excludes halogenated alkanes) is 3. The molecule has 1 aliphatic rings. The molecular formula is C72H60N2O2. The maximum Gasteiger partial charge on any atom is 0.120 e. The zero-order valence-corrected chi connectivity index (χ0v) is 42.8. The van der Waals surface area contributed by atoms with Gasteiger partial charge in [-0.05, 0) is 179 Å². The second-order valence-corrected chi connectivity index (χ2v) is 19.9. The number of rotatable bonds is 19. The van der Waals surface area contributed by atoms with Crippen molar-refractivity contribution in [3.8, 4) is 39.4 Å². The third-order valence-electron chi connectivity index (χ3n) is 15.3. The molecular weight excluding hydrogens is 925 g/mol. The monoisotopic (exact) mass is 984 g/mol. The summed E-state index contributed by atoms with van der Waals surface area (Å²) < 4.78 is 14.8. The summed E-state index contributed by atoms with van der Waals surface area (Å²) in [6.07, 6.45) is 8.76. The van der Waals surface area contributed by atoms with E-state index in [9.17, 15) is 0 Å². The van der Waals surface area contributed by atoms with Gasteiger partial charge in [0.2, 0.25) is 0 Å². The van der Waals surface area contributed by atoms with Crippen LogP contribution in [0.2, 0.25) is 0 Å². The van der Waals surface area contributed by atoms with Crippen molar-refractivity contribution in [1.82, 2.24) is 4.57 Å². The number of anilines is 3. The molecule has 12 rings (SSSR count). The third-order valence-corrected chi connectivity index (χ3v) is 15.3. The number of benzene rings is 10. The summed E-state index contributed by atoms with van der Waals surface area (Å²) in [5, 5.41) is 2.36. The van der Waals surface area contributed by atoms with Crippen LogP contribution in [-0.4, -0.2) is 17.8 Å². The summed E-state index contributed by atoms with van der Waals surface area (Å²) in [6.45, 7) is 9.24. The van der Waals surface area contributed by atoms with Crippen molar-refractivity contribution in [3.63, 3.8) is 0 Å². The largest absolute Gasteiger partial charge is 0.494 e. The van der Waals surface area contributed by atoms with Gasteiger partial charge < -0.3 is 18.9 Å². The molecule has 0 amide bonds. The molecule has 0 bridgehead atoms. The smallest absolute Gasteiger partial charge is 0.120 e. The van der Waals surface area contributed by atoms with Gasteiger partial charge in [0.15, 0.2) is 0 Å². The number of hydrogen-bond donors (Lipinski definition) is 0. The molecule has 4 heteroatoms. The highest BCUT2D eigenvalue weighted by atomic mass is 16.5. The van der Waals surface area contributed by atoms with E-state index in [0.29, 0.717) is 13.2 Å². The molecule has 1 atom stereocenters. The lowest BCUT2D eigenvalue weighted by molar-refractivity contribution is 0.288. The molecule has 11 aromatic rings. The van der Waals surface area contributed by atoms with Crippen molar-refractivity contribution < 1.29 is 9.47 Å². The second-order valence-electron chi connectivity index (χ2n) is 19.9. The average molecular weight is 985 g/mol. The molecule has 4 nitrogen and oxygen atoms in total. The molecule has 1 unspecified atom stereocenters. The van der Waals surface area contributed by atoms with Crippen molar-refractivity contribution in [2.45, 2.75) is 37.5 Å². The normalized spacial score (nSPS) is 13.5. The van der Waals surface area contributed by atoms with Gasteiger partial charge in [0.25, 0.3) is 0 Å². The van der Waals surface area contributed by atoms with E-state index in [2.05, 4.69) is 241 Å². The Bertz CT molecular complexity index is 3810. The average Bonchev–Trinajstić information content (AvgIpc) is 4.02. The first kappa shape index (κ1) is 47.9. The predicted octanol–water partition coefficient (Wildman–Crippen LogP) is 18.8. The van der Waals surface area contributed by atoms with Crippen molar-refractivity contribution in [3.05, 3.63) is 289 Å². The summed E-state index contributed by atoms with van der Waals surface area (Å²) in [7, 11) is 0. The maximum absolute atomic E-state index is 6.45. The molecule has 10 aromatic carbocycles. The van der Waals surface area contributed by atoms with Crippen LogP contribution in [0.4, 0.5) is 17.1 Å². The van der Waals surface area contributed by atoms with Gasteiger partial charge in [-0.3, -0.25) is 0 Å². The molecule has 76 heavy (non-hydrogen) atoms. The van der Waals surface area contributed by atoms with E-state index in [0.717, 1.165) is 99.6 Å². The lowest BCUT2D eigenvalue weighted by Gasteiger charge is -2.34. The van der Waals surface area contributed by atoms with Crippen LogP contribution in [0.5, 0.6) is 11.5 Å².